The number of aliphatic hydroxyl groups excluding tert-OH is 2. The molecule has 164 valence electrons. The molecule has 0 amide bonds. The Morgan fingerprint density at radius 3 is 1.63 bits per heavy atom. The molecule has 0 spiro atoms. The van der Waals surface area contributed by atoms with Crippen LogP contribution < -0.4 is 0 Å². The third-order valence-electron chi connectivity index (χ3n) is 4.47. The molecule has 0 aromatic heterocycles. The molecule has 4 N–H and O–H groups in total. The van der Waals surface area contributed by atoms with Crippen LogP contribution in [-0.2, 0) is 13.8 Å². The summed E-state index contributed by atoms with van der Waals surface area (Å²) in [5, 5.41) is 19.1. The summed E-state index contributed by atoms with van der Waals surface area (Å²) in [6.45, 7) is 1.49. The van der Waals surface area contributed by atoms with Crippen molar-refractivity contribution in [2.75, 3.05) is 13.2 Å². The first-order chi connectivity index (χ1) is 12.8. The van der Waals surface area contributed by atoms with E-state index in [0.29, 0.717) is 6.42 Å². The molecule has 0 saturated heterocycles. The van der Waals surface area contributed by atoms with Crippen molar-refractivity contribution in [3.8, 4) is 0 Å². The van der Waals surface area contributed by atoms with Crippen LogP contribution in [0.5, 0.6) is 0 Å². The summed E-state index contributed by atoms with van der Waals surface area (Å²) in [6, 6.07) is 0. The number of phosphoric ester groups is 1. The molecule has 0 aliphatic rings. The highest BCUT2D eigenvalue weighted by Gasteiger charge is 2.17. The van der Waals surface area contributed by atoms with Crippen molar-refractivity contribution in [1.29, 1.82) is 0 Å². The lowest BCUT2D eigenvalue weighted by Gasteiger charge is -2.15. The molecule has 1 unspecified atom stereocenters. The van der Waals surface area contributed by atoms with Crippen LogP contribution in [0.3, 0.4) is 0 Å². The second-order valence-corrected chi connectivity index (χ2v) is 8.50. The predicted octanol–water partition coefficient (Wildman–Crippen LogP) is 4.27. The Labute approximate surface area is 164 Å². The fourth-order valence-corrected chi connectivity index (χ4v) is 3.24. The van der Waals surface area contributed by atoms with E-state index in [1.54, 1.807) is 0 Å². The van der Waals surface area contributed by atoms with Crippen LogP contribution in [0.15, 0.2) is 0 Å². The average molecular weight is 413 g/mol. The summed E-state index contributed by atoms with van der Waals surface area (Å²) in [5.74, 6) is 0. The normalized spacial score (nSPS) is 14.4. The monoisotopic (exact) mass is 412 g/mol. The minimum absolute atomic E-state index is 0.223. The van der Waals surface area contributed by atoms with E-state index in [0.717, 1.165) is 19.3 Å². The van der Waals surface area contributed by atoms with Gasteiger partial charge in [0.2, 0.25) is 0 Å². The standard InChI is InChI=1S/C19H41O7P/c1-2-3-4-5-6-7-8-9-10-11-12-13-14-15-19(21)25-16-18(20)17-26-27(22,23)24/h18-21H,2-17H2,1H3,(H2,22,23,24)/t18-,19?/m1/s1. The van der Waals surface area contributed by atoms with Crippen LogP contribution in [0, 0.1) is 0 Å². The van der Waals surface area contributed by atoms with Crippen LogP contribution in [0.4, 0.5) is 0 Å². The van der Waals surface area contributed by atoms with Gasteiger partial charge < -0.3 is 24.7 Å². The summed E-state index contributed by atoms with van der Waals surface area (Å²) in [4.78, 5) is 17.0. The summed E-state index contributed by atoms with van der Waals surface area (Å²) >= 11 is 0. The van der Waals surface area contributed by atoms with Crippen LogP contribution in [0.2, 0.25) is 0 Å². The van der Waals surface area contributed by atoms with E-state index < -0.39 is 26.8 Å². The van der Waals surface area contributed by atoms with Gasteiger partial charge in [-0.1, -0.05) is 84.0 Å². The van der Waals surface area contributed by atoms with Crippen molar-refractivity contribution in [1.82, 2.24) is 0 Å². The first-order valence-corrected chi connectivity index (χ1v) is 12.1. The average Bonchev–Trinajstić information content (AvgIpc) is 2.61. The van der Waals surface area contributed by atoms with Gasteiger partial charge in [0.05, 0.1) is 13.2 Å². The van der Waals surface area contributed by atoms with Crippen LogP contribution in [0.25, 0.3) is 0 Å². The van der Waals surface area contributed by atoms with Gasteiger partial charge in [0.25, 0.3) is 0 Å². The summed E-state index contributed by atoms with van der Waals surface area (Å²) < 4.78 is 19.7. The minimum atomic E-state index is -4.59. The third kappa shape index (κ3) is 22.1. The van der Waals surface area contributed by atoms with E-state index in [9.17, 15) is 14.8 Å². The number of ether oxygens (including phenoxy) is 1. The molecule has 0 aliphatic heterocycles. The largest absolute Gasteiger partial charge is 0.469 e. The van der Waals surface area contributed by atoms with Crippen LogP contribution >= 0.6 is 7.82 Å². The molecule has 0 saturated carbocycles. The summed E-state index contributed by atoms with van der Waals surface area (Å²) in [5.41, 5.74) is 0. The van der Waals surface area contributed by atoms with E-state index in [4.69, 9.17) is 14.5 Å². The number of unbranched alkanes of at least 4 members (excludes halogenated alkanes) is 12. The maximum Gasteiger partial charge on any atom is 0.469 e. The molecule has 8 heteroatoms. The summed E-state index contributed by atoms with van der Waals surface area (Å²) in [6.07, 6.45) is 14.7. The predicted molar refractivity (Wildman–Crippen MR) is 106 cm³/mol. The van der Waals surface area contributed by atoms with Gasteiger partial charge in [0.15, 0.2) is 6.29 Å². The fourth-order valence-electron chi connectivity index (χ4n) is 2.87. The lowest BCUT2D eigenvalue weighted by atomic mass is 10.0. The lowest BCUT2D eigenvalue weighted by Crippen LogP contribution is -2.25. The molecular weight excluding hydrogens is 371 g/mol. The first kappa shape index (κ1) is 27.0. The number of rotatable bonds is 20. The molecule has 0 aromatic rings. The Hall–Kier alpha value is -0.0100. The molecule has 0 heterocycles. The Morgan fingerprint density at radius 2 is 1.19 bits per heavy atom. The molecule has 0 fully saturated rings. The van der Waals surface area contributed by atoms with Gasteiger partial charge in [0.1, 0.15) is 6.10 Å². The van der Waals surface area contributed by atoms with Crippen molar-refractivity contribution in [3.63, 3.8) is 0 Å². The van der Waals surface area contributed by atoms with E-state index in [-0.39, 0.29) is 6.61 Å². The van der Waals surface area contributed by atoms with E-state index >= 15 is 0 Å². The summed E-state index contributed by atoms with van der Waals surface area (Å²) in [7, 11) is -4.59. The molecule has 27 heavy (non-hydrogen) atoms. The molecule has 2 atom stereocenters. The van der Waals surface area contributed by atoms with Crippen molar-refractivity contribution in [2.45, 2.75) is 109 Å². The Kier molecular flexibility index (Phi) is 18.0. The van der Waals surface area contributed by atoms with Crippen molar-refractivity contribution in [3.05, 3.63) is 0 Å². The fraction of sp³-hybridized carbons (Fsp3) is 1.00. The molecule has 0 aliphatic carbocycles. The van der Waals surface area contributed by atoms with E-state index in [1.807, 2.05) is 0 Å². The maximum absolute atomic E-state index is 10.5. The molecular formula is C19H41O7P. The Morgan fingerprint density at radius 1 is 0.741 bits per heavy atom. The van der Waals surface area contributed by atoms with Gasteiger partial charge in [-0.15, -0.1) is 0 Å². The maximum atomic E-state index is 10.5. The Bertz CT molecular complexity index is 362. The molecule has 0 radical (unpaired) electrons. The second kappa shape index (κ2) is 18.0. The highest BCUT2D eigenvalue weighted by Crippen LogP contribution is 2.35. The van der Waals surface area contributed by atoms with Gasteiger partial charge in [-0.3, -0.25) is 4.52 Å². The zero-order chi connectivity index (χ0) is 20.4. The smallest absolute Gasteiger partial charge is 0.388 e. The van der Waals surface area contributed by atoms with Gasteiger partial charge in [-0.25, -0.2) is 4.57 Å². The number of aliphatic hydroxyl groups is 2. The minimum Gasteiger partial charge on any atom is -0.388 e. The van der Waals surface area contributed by atoms with Gasteiger partial charge in [-0.05, 0) is 12.8 Å². The van der Waals surface area contributed by atoms with Crippen molar-refractivity contribution >= 4 is 7.82 Å². The highest BCUT2D eigenvalue weighted by molar-refractivity contribution is 7.46. The van der Waals surface area contributed by atoms with Gasteiger partial charge >= 0.3 is 7.82 Å². The molecule has 0 aromatic carbocycles. The van der Waals surface area contributed by atoms with Crippen molar-refractivity contribution in [2.24, 2.45) is 0 Å². The number of hydrogen-bond donors (Lipinski definition) is 4. The number of phosphoric acid groups is 1. The topological polar surface area (TPSA) is 116 Å². The van der Waals surface area contributed by atoms with Crippen molar-refractivity contribution < 1.29 is 33.8 Å². The lowest BCUT2D eigenvalue weighted by molar-refractivity contribution is -0.129. The van der Waals surface area contributed by atoms with E-state index in [1.165, 1.54) is 64.2 Å². The van der Waals surface area contributed by atoms with Gasteiger partial charge in [-0.2, -0.15) is 0 Å². The van der Waals surface area contributed by atoms with Crippen LogP contribution in [0.1, 0.15) is 96.8 Å². The van der Waals surface area contributed by atoms with Crippen LogP contribution in [-0.4, -0.2) is 45.6 Å². The zero-order valence-electron chi connectivity index (χ0n) is 16.9. The Balaban J connectivity index is 3.31. The SMILES string of the molecule is CCCCCCCCCCCCCCCC(O)OC[C@@H](O)COP(=O)(O)O. The molecule has 0 rings (SSSR count). The second-order valence-electron chi connectivity index (χ2n) is 7.26. The molecule has 7 nitrogen and oxygen atoms in total. The quantitative estimate of drug-likeness (QED) is 0.134. The molecule has 0 bridgehead atoms. The van der Waals surface area contributed by atoms with E-state index in [2.05, 4.69) is 11.4 Å². The zero-order valence-corrected chi connectivity index (χ0v) is 17.8. The number of hydrogen-bond acceptors (Lipinski definition) is 5. The third-order valence-corrected chi connectivity index (χ3v) is 4.96. The first-order valence-electron chi connectivity index (χ1n) is 10.5. The van der Waals surface area contributed by atoms with Gasteiger partial charge in [0, 0.05) is 0 Å². The highest BCUT2D eigenvalue weighted by atomic mass is 31.2.